The van der Waals surface area contributed by atoms with Crippen LogP contribution < -0.4 is 5.32 Å². The van der Waals surface area contributed by atoms with Gasteiger partial charge in [-0.1, -0.05) is 58.0 Å². The van der Waals surface area contributed by atoms with Crippen LogP contribution in [0.25, 0.3) is 0 Å². The molecular weight excluding hydrogens is 232 g/mol. The largest absolute Gasteiger partial charge is 0.315 e. The molecule has 2 nitrogen and oxygen atoms in total. The third-order valence-electron chi connectivity index (χ3n) is 3.26. The summed E-state index contributed by atoms with van der Waals surface area (Å²) in [6.07, 6.45) is 0. The molecule has 2 heteroatoms. The Bertz CT molecular complexity index is 332. The average Bonchev–Trinajstić information content (AvgIpc) is 2.34. The summed E-state index contributed by atoms with van der Waals surface area (Å²) in [6, 6.07) is 11.3. The van der Waals surface area contributed by atoms with Gasteiger partial charge in [-0.15, -0.1) is 0 Å². The van der Waals surface area contributed by atoms with E-state index in [1.807, 2.05) is 0 Å². The van der Waals surface area contributed by atoms with Crippen molar-refractivity contribution in [3.63, 3.8) is 0 Å². The highest BCUT2D eigenvalue weighted by atomic mass is 15.1. The van der Waals surface area contributed by atoms with Crippen molar-refractivity contribution in [3.8, 4) is 0 Å². The summed E-state index contributed by atoms with van der Waals surface area (Å²) < 4.78 is 0. The number of nitrogens with one attached hydrogen (secondary N) is 1. The van der Waals surface area contributed by atoms with Crippen molar-refractivity contribution in [3.05, 3.63) is 35.9 Å². The number of likely N-dealkylation sites (N-methyl/N-ethyl adjacent to an activating group) is 1. The van der Waals surface area contributed by atoms with Gasteiger partial charge in [-0.05, 0) is 31.0 Å². The van der Waals surface area contributed by atoms with E-state index in [2.05, 4.69) is 75.3 Å². The van der Waals surface area contributed by atoms with E-state index in [9.17, 15) is 0 Å². The molecule has 0 aromatic heterocycles. The predicted octanol–water partition coefficient (Wildman–Crippen LogP) is 3.56. The highest BCUT2D eigenvalue weighted by Gasteiger charge is 2.17. The Balaban J connectivity index is 2.67. The Morgan fingerprint density at radius 3 is 2.11 bits per heavy atom. The Morgan fingerprint density at radius 2 is 1.58 bits per heavy atom. The number of hydrogen-bond donors (Lipinski definition) is 1. The van der Waals surface area contributed by atoms with Gasteiger partial charge >= 0.3 is 0 Å². The lowest BCUT2D eigenvalue weighted by molar-refractivity contribution is 0.212. The van der Waals surface area contributed by atoms with Crippen LogP contribution in [0.2, 0.25) is 0 Å². The molecule has 0 fully saturated rings. The van der Waals surface area contributed by atoms with Crippen molar-refractivity contribution in [2.75, 3.05) is 26.7 Å². The summed E-state index contributed by atoms with van der Waals surface area (Å²) >= 11 is 0. The fraction of sp³-hybridized carbons (Fsp3) is 0.647. The number of hydrogen-bond acceptors (Lipinski definition) is 2. The maximum absolute atomic E-state index is 3.60. The van der Waals surface area contributed by atoms with Gasteiger partial charge < -0.3 is 5.32 Å². The maximum Gasteiger partial charge on any atom is 0.0469 e. The molecule has 1 atom stereocenters. The fourth-order valence-electron chi connectivity index (χ4n) is 2.42. The molecular formula is C17H30N2. The molecule has 1 aromatic rings. The van der Waals surface area contributed by atoms with E-state index in [0.717, 1.165) is 19.6 Å². The van der Waals surface area contributed by atoms with Crippen LogP contribution in [0.5, 0.6) is 0 Å². The van der Waals surface area contributed by atoms with Gasteiger partial charge in [-0.3, -0.25) is 4.90 Å². The number of benzene rings is 1. The topological polar surface area (TPSA) is 15.3 Å². The molecule has 0 saturated carbocycles. The molecule has 0 aliphatic rings. The van der Waals surface area contributed by atoms with Crippen molar-refractivity contribution in [1.82, 2.24) is 10.2 Å². The Morgan fingerprint density at radius 1 is 0.947 bits per heavy atom. The minimum atomic E-state index is 0.461. The zero-order valence-corrected chi connectivity index (χ0v) is 13.2. The second-order valence-electron chi connectivity index (χ2n) is 6.31. The molecule has 1 unspecified atom stereocenters. The molecule has 0 aliphatic heterocycles. The van der Waals surface area contributed by atoms with Crippen LogP contribution in [-0.2, 0) is 0 Å². The van der Waals surface area contributed by atoms with Crippen molar-refractivity contribution >= 4 is 0 Å². The zero-order chi connectivity index (χ0) is 14.3. The van der Waals surface area contributed by atoms with E-state index in [1.54, 1.807) is 0 Å². The quantitative estimate of drug-likeness (QED) is 0.770. The van der Waals surface area contributed by atoms with Crippen molar-refractivity contribution in [2.45, 2.75) is 33.7 Å². The molecule has 1 aromatic carbocycles. The first-order valence-corrected chi connectivity index (χ1v) is 7.46. The second kappa shape index (κ2) is 8.34. The summed E-state index contributed by atoms with van der Waals surface area (Å²) in [5.41, 5.74) is 1.40. The first-order chi connectivity index (χ1) is 9.00. The molecule has 0 heterocycles. The summed E-state index contributed by atoms with van der Waals surface area (Å²) in [7, 11) is 2.23. The van der Waals surface area contributed by atoms with Gasteiger partial charge in [0.2, 0.25) is 0 Å². The van der Waals surface area contributed by atoms with Gasteiger partial charge in [0.05, 0.1) is 0 Å². The van der Waals surface area contributed by atoms with Crippen molar-refractivity contribution < 1.29 is 0 Å². The SMILES string of the molecule is CC(C)CNCC(c1ccccc1)N(C)CC(C)C. The van der Waals surface area contributed by atoms with E-state index in [4.69, 9.17) is 0 Å². The minimum absolute atomic E-state index is 0.461. The van der Waals surface area contributed by atoms with Gasteiger partial charge in [0.25, 0.3) is 0 Å². The van der Waals surface area contributed by atoms with Crippen LogP contribution in [0.1, 0.15) is 39.3 Å². The molecule has 19 heavy (non-hydrogen) atoms. The van der Waals surface area contributed by atoms with Crippen LogP contribution in [0.4, 0.5) is 0 Å². The first-order valence-electron chi connectivity index (χ1n) is 7.46. The van der Waals surface area contributed by atoms with Crippen LogP contribution in [-0.4, -0.2) is 31.6 Å². The van der Waals surface area contributed by atoms with Crippen LogP contribution >= 0.6 is 0 Å². The molecule has 0 bridgehead atoms. The molecule has 0 radical (unpaired) electrons. The van der Waals surface area contributed by atoms with Crippen LogP contribution in [0.15, 0.2) is 30.3 Å². The van der Waals surface area contributed by atoms with Gasteiger partial charge in [-0.2, -0.15) is 0 Å². The van der Waals surface area contributed by atoms with E-state index < -0.39 is 0 Å². The lowest BCUT2D eigenvalue weighted by Crippen LogP contribution is -2.36. The molecule has 1 rings (SSSR count). The van der Waals surface area contributed by atoms with Crippen LogP contribution in [0, 0.1) is 11.8 Å². The van der Waals surface area contributed by atoms with E-state index in [1.165, 1.54) is 5.56 Å². The summed E-state index contributed by atoms with van der Waals surface area (Å²) in [6.45, 7) is 12.3. The highest BCUT2D eigenvalue weighted by molar-refractivity contribution is 5.19. The van der Waals surface area contributed by atoms with Crippen molar-refractivity contribution in [2.24, 2.45) is 11.8 Å². The average molecular weight is 262 g/mol. The van der Waals surface area contributed by atoms with Gasteiger partial charge in [0.15, 0.2) is 0 Å². The number of rotatable bonds is 8. The molecule has 1 N–H and O–H groups in total. The minimum Gasteiger partial charge on any atom is -0.315 e. The monoisotopic (exact) mass is 262 g/mol. The van der Waals surface area contributed by atoms with Gasteiger partial charge in [0.1, 0.15) is 0 Å². The predicted molar refractivity (Wildman–Crippen MR) is 84.4 cm³/mol. The van der Waals surface area contributed by atoms with E-state index in [-0.39, 0.29) is 0 Å². The van der Waals surface area contributed by atoms with Gasteiger partial charge in [0, 0.05) is 19.1 Å². The Labute approximate surface area is 119 Å². The van der Waals surface area contributed by atoms with Crippen LogP contribution in [0.3, 0.4) is 0 Å². The van der Waals surface area contributed by atoms with Gasteiger partial charge in [-0.25, -0.2) is 0 Å². The molecule has 0 aliphatic carbocycles. The zero-order valence-electron chi connectivity index (χ0n) is 13.2. The molecule has 0 amide bonds. The number of nitrogens with zero attached hydrogens (tertiary/aromatic N) is 1. The van der Waals surface area contributed by atoms with Crippen molar-refractivity contribution in [1.29, 1.82) is 0 Å². The van der Waals surface area contributed by atoms with E-state index in [0.29, 0.717) is 17.9 Å². The Kier molecular flexibility index (Phi) is 7.11. The standard InChI is InChI=1S/C17H30N2/c1-14(2)11-18-12-17(19(5)13-15(3)4)16-9-7-6-8-10-16/h6-10,14-15,17-18H,11-13H2,1-5H3. The maximum atomic E-state index is 3.60. The van der Waals surface area contributed by atoms with E-state index >= 15 is 0 Å². The lowest BCUT2D eigenvalue weighted by Gasteiger charge is -2.30. The highest BCUT2D eigenvalue weighted by Crippen LogP contribution is 2.19. The third-order valence-corrected chi connectivity index (χ3v) is 3.26. The first kappa shape index (κ1) is 16.2. The normalized spacial score (nSPS) is 13.5. The third kappa shape index (κ3) is 6.22. The fourth-order valence-corrected chi connectivity index (χ4v) is 2.42. The summed E-state index contributed by atoms with van der Waals surface area (Å²) in [4.78, 5) is 2.47. The molecule has 0 saturated heterocycles. The summed E-state index contributed by atoms with van der Waals surface area (Å²) in [5, 5.41) is 3.60. The smallest absolute Gasteiger partial charge is 0.0469 e. The molecule has 0 spiro atoms. The molecule has 108 valence electrons. The second-order valence-corrected chi connectivity index (χ2v) is 6.31. The Hall–Kier alpha value is -0.860. The summed E-state index contributed by atoms with van der Waals surface area (Å²) in [5.74, 6) is 1.40. The lowest BCUT2D eigenvalue weighted by atomic mass is 10.0.